The Morgan fingerprint density at radius 1 is 1.20 bits per heavy atom. The molecule has 2 aromatic rings. The van der Waals surface area contributed by atoms with Crippen molar-refractivity contribution in [2.45, 2.75) is 90.4 Å². The van der Waals surface area contributed by atoms with Gasteiger partial charge in [-0.3, -0.25) is 14.1 Å². The smallest absolute Gasteiger partial charge is 0.362 e. The molecule has 5 N–H and O–H groups in total. The van der Waals surface area contributed by atoms with Gasteiger partial charge >= 0.3 is 16.3 Å². The number of nitrogen functional groups attached to an aromatic ring is 1. The number of hydrogen-bond acceptors (Lipinski definition) is 12. The van der Waals surface area contributed by atoms with Gasteiger partial charge in [-0.15, -0.1) is 11.3 Å². The van der Waals surface area contributed by atoms with E-state index in [0.29, 0.717) is 12.1 Å². The Bertz CT molecular complexity index is 1480. The van der Waals surface area contributed by atoms with Crippen molar-refractivity contribution in [2.24, 2.45) is 5.16 Å². The van der Waals surface area contributed by atoms with Crippen LogP contribution in [-0.2, 0) is 42.5 Å². The van der Waals surface area contributed by atoms with Gasteiger partial charge in [-0.1, -0.05) is 32.9 Å². The fourth-order valence-electron chi connectivity index (χ4n) is 4.31. The highest BCUT2D eigenvalue weighted by atomic mass is 32.2. The van der Waals surface area contributed by atoms with Crippen LogP contribution in [0.2, 0.25) is 0 Å². The van der Waals surface area contributed by atoms with Gasteiger partial charge in [-0.2, -0.15) is 23.4 Å². The number of carboxylic acid groups (broad SMARTS) is 1. The largest absolute Gasteiger partial charge is 0.478 e. The SMILES string of the molecule is CC.CC.C[N+](C)(C)CCCCCc1cnn(C[C@@H]2[C@H](NC(=O)/C(=N\OC3(C(=O)O)CC3)c3csc(N)n3)C(=O)N2S(=O)(=O)O)n1. The highest BCUT2D eigenvalue weighted by Gasteiger charge is 2.56. The molecule has 0 unspecified atom stereocenters. The Balaban J connectivity index is 0.00000177. The number of thiazole rings is 1. The third kappa shape index (κ3) is 10.2. The molecule has 0 aromatic carbocycles. The molecule has 2 aromatic heterocycles. The van der Waals surface area contributed by atoms with E-state index < -0.39 is 51.5 Å². The van der Waals surface area contributed by atoms with Crippen LogP contribution >= 0.6 is 11.3 Å². The molecule has 3 heterocycles. The van der Waals surface area contributed by atoms with Gasteiger partial charge in [0.05, 0.1) is 46.1 Å². The fraction of sp³-hybridized carbons (Fsp3) is 0.667. The molecule has 46 heavy (non-hydrogen) atoms. The molecule has 1 aliphatic carbocycles. The Morgan fingerprint density at radius 3 is 2.37 bits per heavy atom. The summed E-state index contributed by atoms with van der Waals surface area (Å²) in [6, 6.07) is -2.68. The maximum Gasteiger partial charge on any atom is 0.362 e. The third-order valence-electron chi connectivity index (χ3n) is 6.79. The van der Waals surface area contributed by atoms with Crippen LogP contribution in [-0.4, -0.2) is 116 Å². The molecule has 0 radical (unpaired) electrons. The van der Waals surface area contributed by atoms with E-state index in [1.807, 2.05) is 27.7 Å². The zero-order valence-corrected chi connectivity index (χ0v) is 29.0. The van der Waals surface area contributed by atoms with Crippen LogP contribution in [0.25, 0.3) is 0 Å². The first-order valence-corrected chi connectivity index (χ1v) is 17.4. The van der Waals surface area contributed by atoms with E-state index in [1.165, 1.54) is 16.4 Å². The summed E-state index contributed by atoms with van der Waals surface area (Å²) in [5, 5.41) is 25.5. The number of rotatable bonds is 15. The van der Waals surface area contributed by atoms with Crippen molar-refractivity contribution in [1.29, 1.82) is 0 Å². The van der Waals surface area contributed by atoms with Crippen molar-refractivity contribution in [3.63, 3.8) is 0 Å². The van der Waals surface area contributed by atoms with Crippen molar-refractivity contribution in [3.8, 4) is 0 Å². The topological polar surface area (TPSA) is 232 Å². The first-order valence-electron chi connectivity index (χ1n) is 15.1. The number of aryl methyl sites for hydroxylation is 1. The highest BCUT2D eigenvalue weighted by Crippen LogP contribution is 2.40. The lowest BCUT2D eigenvalue weighted by molar-refractivity contribution is -0.870. The predicted octanol–water partition coefficient (Wildman–Crippen LogP) is 1.32. The zero-order valence-electron chi connectivity index (χ0n) is 27.3. The van der Waals surface area contributed by atoms with E-state index in [0.717, 1.165) is 41.6 Å². The van der Waals surface area contributed by atoms with E-state index in [-0.39, 0.29) is 34.5 Å². The lowest BCUT2D eigenvalue weighted by Crippen LogP contribution is -2.73. The first-order chi connectivity index (χ1) is 21.6. The van der Waals surface area contributed by atoms with Crippen molar-refractivity contribution in [3.05, 3.63) is 23.0 Å². The second-order valence-corrected chi connectivity index (χ2v) is 13.4. The Morgan fingerprint density at radius 2 is 1.85 bits per heavy atom. The van der Waals surface area contributed by atoms with E-state index in [9.17, 15) is 32.5 Å². The minimum absolute atomic E-state index is 0.0361. The second kappa shape index (κ2) is 16.2. The summed E-state index contributed by atoms with van der Waals surface area (Å²) in [5.41, 5.74) is 4.28. The number of nitrogens with one attached hydrogen (secondary N) is 1. The van der Waals surface area contributed by atoms with E-state index in [1.54, 1.807) is 0 Å². The second-order valence-electron chi connectivity index (χ2n) is 11.2. The maximum absolute atomic E-state index is 13.2. The molecule has 2 fully saturated rings. The molecular weight excluding hydrogens is 642 g/mol. The van der Waals surface area contributed by atoms with Crippen LogP contribution < -0.4 is 11.1 Å². The molecular formula is C27H46N9O8S2+. The number of carboxylic acids is 1. The van der Waals surface area contributed by atoms with Crippen LogP contribution in [0.3, 0.4) is 0 Å². The van der Waals surface area contributed by atoms with E-state index in [4.69, 9.17) is 10.6 Å². The van der Waals surface area contributed by atoms with Crippen LogP contribution in [0.1, 0.15) is 71.2 Å². The molecule has 1 saturated carbocycles. The number of hydrogen-bond donors (Lipinski definition) is 4. The van der Waals surface area contributed by atoms with Crippen molar-refractivity contribution < 1.29 is 41.8 Å². The van der Waals surface area contributed by atoms with Gasteiger partial charge < -0.3 is 25.5 Å². The summed E-state index contributed by atoms with van der Waals surface area (Å²) < 4.78 is 34.7. The Hall–Kier alpha value is -3.68. The van der Waals surface area contributed by atoms with Crippen LogP contribution in [0.15, 0.2) is 16.7 Å². The summed E-state index contributed by atoms with van der Waals surface area (Å²) in [6.45, 7) is 8.78. The predicted molar refractivity (Wildman–Crippen MR) is 171 cm³/mol. The number of anilines is 1. The van der Waals surface area contributed by atoms with Gasteiger partial charge in [-0.05, 0) is 25.7 Å². The highest BCUT2D eigenvalue weighted by molar-refractivity contribution is 7.84. The van der Waals surface area contributed by atoms with Gasteiger partial charge in [0, 0.05) is 18.2 Å². The minimum Gasteiger partial charge on any atom is -0.478 e. The third-order valence-corrected chi connectivity index (χ3v) is 8.41. The van der Waals surface area contributed by atoms with Crippen molar-refractivity contribution >= 4 is 50.3 Å². The van der Waals surface area contributed by atoms with Gasteiger partial charge in [-0.25, -0.2) is 14.1 Å². The number of quaternary nitrogens is 1. The molecule has 2 aliphatic rings. The Kier molecular flexibility index (Phi) is 13.6. The molecule has 4 rings (SSSR count). The first kappa shape index (κ1) is 38.5. The molecule has 1 aliphatic heterocycles. The average Bonchev–Trinajstić information content (AvgIpc) is 3.46. The molecule has 19 heteroatoms. The number of nitrogens with two attached hydrogens (primary N) is 1. The summed E-state index contributed by atoms with van der Waals surface area (Å²) in [7, 11) is 1.41. The standard InChI is InChI=1S/C23H33N9O8S2.2C2H6/c1-32(2,3)10-6-4-5-7-14-11-25-30(28-14)12-16-18(20(34)31(16)42(37,38)39)27-19(33)17(15-13-41-22(24)26-15)29-40-23(8-9-23)21(35)36;2*1-2/h11,13,16,18H,4-10,12H2,1-3H3,(H4-,24,26,27,33,35,36,37,38,39);2*1-2H3/p+1/b29-17-;;/t16-,18+;;/m1../s1. The van der Waals surface area contributed by atoms with Gasteiger partial charge in [0.2, 0.25) is 5.60 Å². The average molecular weight is 689 g/mol. The van der Waals surface area contributed by atoms with E-state index in [2.05, 4.69) is 46.8 Å². The minimum atomic E-state index is -4.96. The molecule has 0 spiro atoms. The van der Waals surface area contributed by atoms with Crippen molar-refractivity contribution in [1.82, 2.24) is 29.6 Å². The quantitative estimate of drug-likeness (QED) is 0.0518. The molecule has 0 bridgehead atoms. The van der Waals surface area contributed by atoms with Crippen LogP contribution in [0.4, 0.5) is 5.13 Å². The number of nitrogens with zero attached hydrogens (tertiary/aromatic N) is 7. The number of carbonyl (C=O) groups is 3. The van der Waals surface area contributed by atoms with Gasteiger partial charge in [0.15, 0.2) is 10.8 Å². The number of amides is 2. The van der Waals surface area contributed by atoms with Gasteiger partial charge in [0.25, 0.3) is 11.8 Å². The van der Waals surface area contributed by atoms with Crippen LogP contribution in [0.5, 0.6) is 0 Å². The summed E-state index contributed by atoms with van der Waals surface area (Å²) in [5.74, 6) is -3.34. The van der Waals surface area contributed by atoms with Crippen molar-refractivity contribution in [2.75, 3.05) is 33.4 Å². The summed E-state index contributed by atoms with van der Waals surface area (Å²) in [4.78, 5) is 47.8. The number of aromatic nitrogens is 4. The lowest BCUT2D eigenvalue weighted by atomic mass is 9.98. The molecule has 1 saturated heterocycles. The number of β-lactam (4-membered cyclic amide) rings is 1. The fourth-order valence-corrected chi connectivity index (χ4v) is 5.73. The maximum atomic E-state index is 13.2. The van der Waals surface area contributed by atoms with Gasteiger partial charge in [0.1, 0.15) is 17.8 Å². The van der Waals surface area contributed by atoms with E-state index >= 15 is 0 Å². The molecule has 258 valence electrons. The molecule has 2 amide bonds. The zero-order chi connectivity index (χ0) is 34.9. The number of carbonyl (C=O) groups excluding carboxylic acids is 2. The monoisotopic (exact) mass is 688 g/mol. The summed E-state index contributed by atoms with van der Waals surface area (Å²) >= 11 is 0.988. The van der Waals surface area contributed by atoms with Crippen LogP contribution in [0, 0.1) is 0 Å². The molecule has 17 nitrogen and oxygen atoms in total. The number of oxime groups is 1. The Labute approximate surface area is 273 Å². The summed E-state index contributed by atoms with van der Waals surface area (Å²) in [6.07, 6.45) is 5.48. The normalized spacial score (nSPS) is 18.7. The molecule has 2 atom stereocenters. The lowest BCUT2D eigenvalue weighted by Gasteiger charge is -2.43. The number of unbranched alkanes of at least 4 members (excludes halogenated alkanes) is 2. The number of aliphatic carboxylic acids is 1.